The minimum absolute atomic E-state index is 0.452. The van der Waals surface area contributed by atoms with E-state index in [9.17, 15) is 0 Å². The Morgan fingerprint density at radius 3 is 2.33 bits per heavy atom. The van der Waals surface area contributed by atoms with Gasteiger partial charge in [0.05, 0.1) is 12.7 Å². The minimum atomic E-state index is 0.452. The van der Waals surface area contributed by atoms with Crippen molar-refractivity contribution >= 4 is 0 Å². The molecule has 2 heteroatoms. The van der Waals surface area contributed by atoms with Gasteiger partial charge in [-0.1, -0.05) is 38.1 Å². The Labute approximate surface area is 129 Å². The first-order chi connectivity index (χ1) is 10.2. The average molecular weight is 287 g/mol. The lowest BCUT2D eigenvalue weighted by molar-refractivity contribution is -0.00943. The summed E-state index contributed by atoms with van der Waals surface area (Å²) in [7, 11) is 0. The fourth-order valence-electron chi connectivity index (χ4n) is 3.63. The molecule has 0 bridgehead atoms. The van der Waals surface area contributed by atoms with Crippen LogP contribution in [-0.2, 0) is 17.9 Å². The summed E-state index contributed by atoms with van der Waals surface area (Å²) in [6.45, 7) is 6.48. The smallest absolute Gasteiger partial charge is 0.0723 e. The van der Waals surface area contributed by atoms with Gasteiger partial charge in [-0.15, -0.1) is 0 Å². The fourth-order valence-corrected chi connectivity index (χ4v) is 3.63. The molecule has 2 atom stereocenters. The fraction of sp³-hybridized carbons (Fsp3) is 0.684. The summed E-state index contributed by atoms with van der Waals surface area (Å²) < 4.78 is 6.25. The Morgan fingerprint density at radius 2 is 1.67 bits per heavy atom. The molecular weight excluding hydrogens is 258 g/mol. The van der Waals surface area contributed by atoms with Gasteiger partial charge in [-0.05, 0) is 55.1 Å². The number of hydrogen-bond acceptors (Lipinski definition) is 2. The second-order valence-electron chi connectivity index (χ2n) is 7.27. The SMILES string of the molecule is CC1CC(C)CC(OCc2ccccc2CNC2CC2)C1. The molecule has 0 radical (unpaired) electrons. The maximum Gasteiger partial charge on any atom is 0.0723 e. The first-order valence-corrected chi connectivity index (χ1v) is 8.62. The van der Waals surface area contributed by atoms with Crippen molar-refractivity contribution in [3.63, 3.8) is 0 Å². The molecule has 2 nitrogen and oxygen atoms in total. The summed E-state index contributed by atoms with van der Waals surface area (Å²) in [6.07, 6.45) is 6.96. The molecule has 2 fully saturated rings. The van der Waals surface area contributed by atoms with Crippen LogP contribution in [0.1, 0.15) is 57.1 Å². The maximum absolute atomic E-state index is 6.25. The predicted molar refractivity (Wildman–Crippen MR) is 87.1 cm³/mol. The quantitative estimate of drug-likeness (QED) is 0.843. The van der Waals surface area contributed by atoms with Crippen molar-refractivity contribution in [1.29, 1.82) is 0 Å². The van der Waals surface area contributed by atoms with Crippen molar-refractivity contribution in [2.75, 3.05) is 0 Å². The van der Waals surface area contributed by atoms with E-state index in [-0.39, 0.29) is 0 Å². The molecular formula is C19H29NO. The molecule has 2 unspecified atom stereocenters. The second kappa shape index (κ2) is 6.93. The zero-order chi connectivity index (χ0) is 14.7. The van der Waals surface area contributed by atoms with E-state index in [0.717, 1.165) is 31.0 Å². The Morgan fingerprint density at radius 1 is 1.00 bits per heavy atom. The largest absolute Gasteiger partial charge is 0.374 e. The van der Waals surface area contributed by atoms with Crippen LogP contribution in [-0.4, -0.2) is 12.1 Å². The van der Waals surface area contributed by atoms with Crippen LogP contribution in [0.5, 0.6) is 0 Å². The van der Waals surface area contributed by atoms with Gasteiger partial charge in [-0.25, -0.2) is 0 Å². The second-order valence-corrected chi connectivity index (χ2v) is 7.27. The van der Waals surface area contributed by atoms with Gasteiger partial charge in [0.2, 0.25) is 0 Å². The van der Waals surface area contributed by atoms with Gasteiger partial charge in [0.15, 0.2) is 0 Å². The third kappa shape index (κ3) is 4.55. The van der Waals surface area contributed by atoms with Gasteiger partial charge >= 0.3 is 0 Å². The Hall–Kier alpha value is -0.860. The third-order valence-electron chi connectivity index (χ3n) is 4.89. The van der Waals surface area contributed by atoms with Crippen LogP contribution in [0.4, 0.5) is 0 Å². The Bertz CT molecular complexity index is 445. The molecule has 0 aliphatic heterocycles. The molecule has 1 aromatic carbocycles. The van der Waals surface area contributed by atoms with Crippen LogP contribution in [0.25, 0.3) is 0 Å². The highest BCUT2D eigenvalue weighted by molar-refractivity contribution is 5.26. The summed E-state index contributed by atoms with van der Waals surface area (Å²) in [6, 6.07) is 9.49. The van der Waals surface area contributed by atoms with E-state index < -0.39 is 0 Å². The number of hydrogen-bond donors (Lipinski definition) is 1. The predicted octanol–water partition coefficient (Wildman–Crippen LogP) is 4.28. The monoisotopic (exact) mass is 287 g/mol. The summed E-state index contributed by atoms with van der Waals surface area (Å²) >= 11 is 0. The molecule has 0 aromatic heterocycles. The number of rotatable bonds is 6. The molecule has 2 saturated carbocycles. The van der Waals surface area contributed by atoms with E-state index in [4.69, 9.17) is 4.74 Å². The van der Waals surface area contributed by atoms with Crippen molar-refractivity contribution in [3.05, 3.63) is 35.4 Å². The number of benzene rings is 1. The molecule has 0 spiro atoms. The highest BCUT2D eigenvalue weighted by Crippen LogP contribution is 2.31. The van der Waals surface area contributed by atoms with E-state index in [2.05, 4.69) is 43.4 Å². The van der Waals surface area contributed by atoms with E-state index in [1.165, 1.54) is 43.2 Å². The molecule has 1 aromatic rings. The molecule has 116 valence electrons. The Kier molecular flexibility index (Phi) is 4.97. The van der Waals surface area contributed by atoms with Crippen LogP contribution >= 0.6 is 0 Å². The van der Waals surface area contributed by atoms with E-state index in [1.54, 1.807) is 0 Å². The molecule has 2 aliphatic carbocycles. The third-order valence-corrected chi connectivity index (χ3v) is 4.89. The van der Waals surface area contributed by atoms with Crippen molar-refractivity contribution in [1.82, 2.24) is 5.32 Å². The lowest BCUT2D eigenvalue weighted by atomic mass is 9.82. The van der Waals surface area contributed by atoms with Gasteiger partial charge in [-0.3, -0.25) is 0 Å². The van der Waals surface area contributed by atoms with Crippen LogP contribution in [0.15, 0.2) is 24.3 Å². The maximum atomic E-state index is 6.25. The summed E-state index contributed by atoms with van der Waals surface area (Å²) in [5.74, 6) is 1.62. The highest BCUT2D eigenvalue weighted by atomic mass is 16.5. The van der Waals surface area contributed by atoms with Gasteiger partial charge in [-0.2, -0.15) is 0 Å². The first-order valence-electron chi connectivity index (χ1n) is 8.62. The van der Waals surface area contributed by atoms with Crippen LogP contribution < -0.4 is 5.32 Å². The zero-order valence-electron chi connectivity index (χ0n) is 13.5. The molecule has 0 saturated heterocycles. The molecule has 3 rings (SSSR count). The van der Waals surface area contributed by atoms with E-state index in [1.807, 2.05) is 0 Å². The van der Waals surface area contributed by atoms with Crippen molar-refractivity contribution in [2.45, 2.75) is 71.2 Å². The van der Waals surface area contributed by atoms with E-state index >= 15 is 0 Å². The summed E-state index contributed by atoms with van der Waals surface area (Å²) in [5, 5.41) is 3.61. The van der Waals surface area contributed by atoms with Gasteiger partial charge in [0.1, 0.15) is 0 Å². The van der Waals surface area contributed by atoms with Crippen LogP contribution in [0, 0.1) is 11.8 Å². The lowest BCUT2D eigenvalue weighted by Gasteiger charge is -2.31. The molecule has 2 aliphatic rings. The van der Waals surface area contributed by atoms with Crippen molar-refractivity contribution < 1.29 is 4.74 Å². The van der Waals surface area contributed by atoms with Gasteiger partial charge in [0, 0.05) is 12.6 Å². The van der Waals surface area contributed by atoms with Crippen molar-refractivity contribution in [3.8, 4) is 0 Å². The van der Waals surface area contributed by atoms with E-state index in [0.29, 0.717) is 6.10 Å². The first kappa shape index (κ1) is 15.1. The lowest BCUT2D eigenvalue weighted by Crippen LogP contribution is -2.26. The number of nitrogens with one attached hydrogen (secondary N) is 1. The molecule has 1 N–H and O–H groups in total. The summed E-state index contributed by atoms with van der Waals surface area (Å²) in [5.41, 5.74) is 2.76. The van der Waals surface area contributed by atoms with Crippen LogP contribution in [0.2, 0.25) is 0 Å². The zero-order valence-corrected chi connectivity index (χ0v) is 13.5. The average Bonchev–Trinajstić information content (AvgIpc) is 3.27. The minimum Gasteiger partial charge on any atom is -0.374 e. The summed E-state index contributed by atoms with van der Waals surface area (Å²) in [4.78, 5) is 0. The normalized spacial score (nSPS) is 29.5. The topological polar surface area (TPSA) is 21.3 Å². The van der Waals surface area contributed by atoms with Gasteiger partial charge < -0.3 is 10.1 Å². The highest BCUT2D eigenvalue weighted by Gasteiger charge is 2.24. The number of ether oxygens (including phenoxy) is 1. The Balaban J connectivity index is 1.54. The van der Waals surface area contributed by atoms with Gasteiger partial charge in [0.25, 0.3) is 0 Å². The van der Waals surface area contributed by atoms with Crippen molar-refractivity contribution in [2.24, 2.45) is 11.8 Å². The standard InChI is InChI=1S/C19H29NO/c1-14-9-15(2)11-19(10-14)21-13-17-6-4-3-5-16(17)12-20-18-7-8-18/h3-6,14-15,18-20H,7-13H2,1-2H3. The molecule has 0 amide bonds. The van der Waals surface area contributed by atoms with Crippen LogP contribution in [0.3, 0.4) is 0 Å². The molecule has 21 heavy (non-hydrogen) atoms. The molecule has 0 heterocycles.